The van der Waals surface area contributed by atoms with Crippen molar-refractivity contribution in [2.24, 2.45) is 0 Å². The molecular formula is C28H38N6O. The standard InChI is InChI=1S/C28H38N6O/c1-18(2)27-23-15-22(21-8-10-33(11-9-21)12-13-35-17-29-5)6-7-25(23)31-28(27)24-16-34-26(14-19(24)3)30-20(4)32-34/h6-7,14-16,18,21,29,31H,8-13,17H2,1-5H3. The summed E-state index contributed by atoms with van der Waals surface area (Å²) in [5.74, 6) is 1.81. The number of likely N-dealkylation sites (tertiary alicyclic amines) is 1. The van der Waals surface area contributed by atoms with Gasteiger partial charge in [-0.2, -0.15) is 5.10 Å². The summed E-state index contributed by atoms with van der Waals surface area (Å²) in [5.41, 5.74) is 8.57. The van der Waals surface area contributed by atoms with Crippen LogP contribution in [0.3, 0.4) is 0 Å². The zero-order valence-corrected chi connectivity index (χ0v) is 21.7. The molecule has 0 radical (unpaired) electrons. The summed E-state index contributed by atoms with van der Waals surface area (Å²) in [7, 11) is 1.91. The summed E-state index contributed by atoms with van der Waals surface area (Å²) in [5, 5.41) is 8.94. The molecule has 0 amide bonds. The average molecular weight is 475 g/mol. The Hall–Kier alpha value is -2.74. The van der Waals surface area contributed by atoms with Crippen molar-refractivity contribution in [3.63, 3.8) is 0 Å². The molecule has 0 saturated carbocycles. The number of ether oxygens (including phenoxy) is 1. The largest absolute Gasteiger partial charge is 0.365 e. The van der Waals surface area contributed by atoms with Gasteiger partial charge >= 0.3 is 0 Å². The lowest BCUT2D eigenvalue weighted by Gasteiger charge is -2.32. The van der Waals surface area contributed by atoms with Gasteiger partial charge in [0.05, 0.1) is 19.0 Å². The highest BCUT2D eigenvalue weighted by atomic mass is 16.5. The van der Waals surface area contributed by atoms with Gasteiger partial charge in [-0.25, -0.2) is 9.50 Å². The lowest BCUT2D eigenvalue weighted by atomic mass is 9.87. The van der Waals surface area contributed by atoms with E-state index in [-0.39, 0.29) is 0 Å². The number of nitrogens with zero attached hydrogens (tertiary/aromatic N) is 4. The Morgan fingerprint density at radius 2 is 1.97 bits per heavy atom. The number of benzene rings is 1. The van der Waals surface area contributed by atoms with E-state index in [1.165, 1.54) is 51.7 Å². The first-order chi connectivity index (χ1) is 16.9. The third kappa shape index (κ3) is 4.85. The van der Waals surface area contributed by atoms with Gasteiger partial charge in [0.15, 0.2) is 5.65 Å². The molecule has 1 fully saturated rings. The van der Waals surface area contributed by atoms with Crippen molar-refractivity contribution in [2.45, 2.75) is 52.4 Å². The number of hydrogen-bond acceptors (Lipinski definition) is 5. The zero-order chi connectivity index (χ0) is 24.5. The smallest absolute Gasteiger partial charge is 0.155 e. The highest BCUT2D eigenvalue weighted by Crippen LogP contribution is 2.39. The number of aromatic nitrogens is 4. The minimum atomic E-state index is 0.404. The number of aromatic amines is 1. The van der Waals surface area contributed by atoms with E-state index in [2.05, 4.69) is 76.5 Å². The first-order valence-electron chi connectivity index (χ1n) is 12.9. The number of H-pyrrole nitrogens is 1. The first kappa shape index (κ1) is 24.0. The molecule has 7 nitrogen and oxygen atoms in total. The third-order valence-corrected chi connectivity index (χ3v) is 7.35. The molecule has 3 aromatic heterocycles. The summed E-state index contributed by atoms with van der Waals surface area (Å²) in [4.78, 5) is 10.8. The van der Waals surface area contributed by atoms with Crippen LogP contribution in [0, 0.1) is 13.8 Å². The Balaban J connectivity index is 1.42. The number of pyridine rings is 1. The predicted molar refractivity (Wildman–Crippen MR) is 142 cm³/mol. The Labute approximate surface area is 207 Å². The maximum absolute atomic E-state index is 5.59. The van der Waals surface area contributed by atoms with Crippen molar-refractivity contribution >= 4 is 16.6 Å². The molecule has 1 saturated heterocycles. The lowest BCUT2D eigenvalue weighted by Crippen LogP contribution is -2.35. The van der Waals surface area contributed by atoms with E-state index in [9.17, 15) is 0 Å². The van der Waals surface area contributed by atoms with Gasteiger partial charge in [0.1, 0.15) is 5.82 Å². The maximum atomic E-state index is 5.59. The molecule has 4 aromatic rings. The van der Waals surface area contributed by atoms with Gasteiger partial charge in [-0.05, 0) is 93.6 Å². The minimum Gasteiger partial charge on any atom is -0.365 e. The van der Waals surface area contributed by atoms with Crippen LogP contribution in [0.15, 0.2) is 30.5 Å². The molecule has 1 aromatic carbocycles. The van der Waals surface area contributed by atoms with Crippen molar-refractivity contribution in [3.05, 3.63) is 53.0 Å². The summed E-state index contributed by atoms with van der Waals surface area (Å²) in [6.45, 7) is 13.4. The van der Waals surface area contributed by atoms with Gasteiger partial charge in [0, 0.05) is 29.2 Å². The second-order valence-electron chi connectivity index (χ2n) is 10.2. The van der Waals surface area contributed by atoms with Crippen LogP contribution in [0.25, 0.3) is 27.8 Å². The quantitative estimate of drug-likeness (QED) is 0.278. The Morgan fingerprint density at radius 3 is 2.71 bits per heavy atom. The van der Waals surface area contributed by atoms with Crippen LogP contribution in [0.2, 0.25) is 0 Å². The minimum absolute atomic E-state index is 0.404. The maximum Gasteiger partial charge on any atom is 0.155 e. The van der Waals surface area contributed by atoms with E-state index in [0.29, 0.717) is 18.6 Å². The molecule has 0 aliphatic carbocycles. The average Bonchev–Trinajstić information content (AvgIpc) is 3.40. The van der Waals surface area contributed by atoms with Crippen LogP contribution in [0.5, 0.6) is 0 Å². The Kier molecular flexibility index (Phi) is 6.91. The summed E-state index contributed by atoms with van der Waals surface area (Å²) in [6.07, 6.45) is 4.53. The molecule has 7 heteroatoms. The van der Waals surface area contributed by atoms with E-state index in [0.717, 1.165) is 37.7 Å². The molecule has 0 spiro atoms. The number of fused-ring (bicyclic) bond motifs is 2. The Bertz CT molecular complexity index is 1310. The fourth-order valence-electron chi connectivity index (χ4n) is 5.55. The normalized spacial score (nSPS) is 15.7. The van der Waals surface area contributed by atoms with Gasteiger partial charge in [0.25, 0.3) is 0 Å². The lowest BCUT2D eigenvalue weighted by molar-refractivity contribution is 0.0858. The van der Waals surface area contributed by atoms with Gasteiger partial charge in [-0.1, -0.05) is 19.9 Å². The van der Waals surface area contributed by atoms with Crippen LogP contribution in [-0.2, 0) is 4.74 Å². The van der Waals surface area contributed by atoms with Crippen molar-refractivity contribution in [1.29, 1.82) is 0 Å². The highest BCUT2D eigenvalue weighted by Gasteiger charge is 2.23. The molecule has 1 aliphatic heterocycles. The fraction of sp³-hybridized carbons (Fsp3) is 0.500. The molecule has 1 aliphatic rings. The second kappa shape index (κ2) is 10.1. The third-order valence-electron chi connectivity index (χ3n) is 7.35. The van der Waals surface area contributed by atoms with Crippen LogP contribution >= 0.6 is 0 Å². The number of piperidine rings is 1. The highest BCUT2D eigenvalue weighted by molar-refractivity contribution is 5.92. The molecule has 0 atom stereocenters. The van der Waals surface area contributed by atoms with Gasteiger partial charge in [0.2, 0.25) is 0 Å². The number of nitrogens with one attached hydrogen (secondary N) is 2. The van der Waals surface area contributed by atoms with Crippen LogP contribution < -0.4 is 5.32 Å². The van der Waals surface area contributed by atoms with Crippen molar-refractivity contribution in [2.75, 3.05) is 40.0 Å². The van der Waals surface area contributed by atoms with E-state index < -0.39 is 0 Å². The van der Waals surface area contributed by atoms with Crippen LogP contribution in [0.1, 0.15) is 61.0 Å². The summed E-state index contributed by atoms with van der Waals surface area (Å²) >= 11 is 0. The topological polar surface area (TPSA) is 70.5 Å². The summed E-state index contributed by atoms with van der Waals surface area (Å²) < 4.78 is 7.49. The van der Waals surface area contributed by atoms with Crippen LogP contribution in [0.4, 0.5) is 0 Å². The van der Waals surface area contributed by atoms with E-state index >= 15 is 0 Å². The molecule has 4 heterocycles. The molecule has 0 bridgehead atoms. The number of hydrogen-bond donors (Lipinski definition) is 2. The molecular weight excluding hydrogens is 436 g/mol. The Morgan fingerprint density at radius 1 is 1.17 bits per heavy atom. The van der Waals surface area contributed by atoms with E-state index in [4.69, 9.17) is 4.74 Å². The van der Waals surface area contributed by atoms with Gasteiger partial charge < -0.3 is 14.6 Å². The van der Waals surface area contributed by atoms with E-state index in [1.54, 1.807) is 0 Å². The summed E-state index contributed by atoms with van der Waals surface area (Å²) in [6, 6.07) is 9.20. The van der Waals surface area contributed by atoms with E-state index in [1.807, 2.05) is 18.5 Å². The molecule has 5 rings (SSSR count). The molecule has 0 unspecified atom stereocenters. The number of aryl methyl sites for hydroxylation is 2. The molecule has 2 N–H and O–H groups in total. The first-order valence-corrected chi connectivity index (χ1v) is 12.9. The molecule has 186 valence electrons. The molecule has 35 heavy (non-hydrogen) atoms. The van der Waals surface area contributed by atoms with Crippen molar-refractivity contribution in [3.8, 4) is 11.3 Å². The number of rotatable bonds is 8. The SMILES string of the molecule is CNCOCCN1CCC(c2ccc3[nH]c(-c4cn5nc(C)nc5cc4C)c(C(C)C)c3c2)CC1. The zero-order valence-electron chi connectivity index (χ0n) is 21.7. The van der Waals surface area contributed by atoms with Crippen LogP contribution in [-0.4, -0.2) is 64.5 Å². The van der Waals surface area contributed by atoms with Crippen molar-refractivity contribution in [1.82, 2.24) is 29.8 Å². The second-order valence-corrected chi connectivity index (χ2v) is 10.2. The predicted octanol–water partition coefficient (Wildman–Crippen LogP) is 4.99. The monoisotopic (exact) mass is 474 g/mol. The fourth-order valence-corrected chi connectivity index (χ4v) is 5.55. The van der Waals surface area contributed by atoms with Gasteiger partial charge in [-0.3, -0.25) is 5.32 Å². The van der Waals surface area contributed by atoms with Gasteiger partial charge in [-0.15, -0.1) is 0 Å². The van der Waals surface area contributed by atoms with Crippen molar-refractivity contribution < 1.29 is 4.74 Å².